The summed E-state index contributed by atoms with van der Waals surface area (Å²) in [5, 5.41) is 19.0. The van der Waals surface area contributed by atoms with Crippen LogP contribution in [0.25, 0.3) is 0 Å². The average Bonchev–Trinajstić information content (AvgIpc) is 2.80. The zero-order valence-electron chi connectivity index (χ0n) is 23.7. The van der Waals surface area contributed by atoms with E-state index >= 15 is 0 Å². The number of carbonyl (C=O) groups is 1. The fourth-order valence-corrected chi connectivity index (χ4v) is 7.24. The molecule has 0 bridgehead atoms. The summed E-state index contributed by atoms with van der Waals surface area (Å²) in [6, 6.07) is 0. The Balaban J connectivity index is 0. The van der Waals surface area contributed by atoms with Crippen molar-refractivity contribution in [2.24, 2.45) is 0 Å². The van der Waals surface area contributed by atoms with Gasteiger partial charge in [0.15, 0.2) is 0 Å². The van der Waals surface area contributed by atoms with Crippen LogP contribution in [-0.4, -0.2) is 62.3 Å². The molecule has 0 heterocycles. The second kappa shape index (κ2) is 22.8. The van der Waals surface area contributed by atoms with E-state index in [0.717, 1.165) is 51.4 Å². The molecule has 0 aliphatic rings. The Morgan fingerprint density at radius 2 is 0.907 bits per heavy atom. The zero-order chi connectivity index (χ0) is 33.8. The fourth-order valence-electron chi connectivity index (χ4n) is 2.87. The van der Waals surface area contributed by atoms with Gasteiger partial charge in [-0.25, -0.2) is 32.1 Å². The van der Waals surface area contributed by atoms with E-state index in [1.54, 1.807) is 0 Å². The molecule has 0 aliphatic carbocycles. The molecule has 25 heteroatoms. The van der Waals surface area contributed by atoms with Crippen LogP contribution in [0.2, 0.25) is 0 Å². The summed E-state index contributed by atoms with van der Waals surface area (Å²) in [4.78, 5) is 49.8. The first-order valence-electron chi connectivity index (χ1n) is 12.9. The van der Waals surface area contributed by atoms with E-state index in [-0.39, 0.29) is 12.8 Å². The maximum atomic E-state index is 12.1. The van der Waals surface area contributed by atoms with Gasteiger partial charge in [0.25, 0.3) is 0 Å². The Bertz CT molecular complexity index is 944. The third kappa shape index (κ3) is 27.2. The summed E-state index contributed by atoms with van der Waals surface area (Å²) in [5.74, 6) is -7.30. The molecule has 43 heavy (non-hydrogen) atoms. The van der Waals surface area contributed by atoms with Crippen LogP contribution in [0.3, 0.4) is 0 Å². The molecule has 4 atom stereocenters. The molecule has 0 fully saturated rings. The molecule has 0 rings (SSSR count). The molecule has 0 aromatic rings. The van der Waals surface area contributed by atoms with Crippen LogP contribution in [0.15, 0.2) is 0 Å². The van der Waals surface area contributed by atoms with Crippen molar-refractivity contribution in [3.63, 3.8) is 0 Å². The summed E-state index contributed by atoms with van der Waals surface area (Å²) in [6.45, 7) is 3.23. The number of hydrogen-bond donors (Lipinski definition) is 8. The summed E-state index contributed by atoms with van der Waals surface area (Å²) in [7, 11) is -22.9. The third-order valence-corrected chi connectivity index (χ3v) is 9.94. The van der Waals surface area contributed by atoms with Gasteiger partial charge in [-0.05, 0) is 12.8 Å². The molecule has 0 radical (unpaired) electrons. The van der Waals surface area contributed by atoms with Crippen molar-refractivity contribution in [1.29, 1.82) is 0 Å². The minimum absolute atomic E-state index is 0.267. The zero-order valence-corrected chi connectivity index (χ0v) is 28.8. The van der Waals surface area contributed by atoms with E-state index in [1.807, 2.05) is 13.8 Å². The molecule has 0 spiro atoms. The van der Waals surface area contributed by atoms with Crippen molar-refractivity contribution in [1.82, 2.24) is 0 Å². The van der Waals surface area contributed by atoms with E-state index in [2.05, 4.69) is 26.7 Å². The van der Waals surface area contributed by atoms with Crippen LogP contribution in [0.5, 0.6) is 0 Å². The summed E-state index contributed by atoms with van der Waals surface area (Å²) in [5.41, 5.74) is 0. The number of rotatable bonds is 25. The minimum atomic E-state index is -6.08. The van der Waals surface area contributed by atoms with Gasteiger partial charge in [0, 0.05) is 0 Å². The normalized spacial score (nSPS) is 18.5. The molecule has 0 saturated carbocycles. The summed E-state index contributed by atoms with van der Waals surface area (Å²) < 4.78 is 95.4. The van der Waals surface area contributed by atoms with E-state index in [9.17, 15) is 47.7 Å². The molecule has 0 aliphatic heterocycles. The van der Waals surface area contributed by atoms with Crippen LogP contribution < -0.4 is 0 Å². The van der Waals surface area contributed by atoms with E-state index in [4.69, 9.17) is 15.8 Å². The Morgan fingerprint density at radius 1 is 0.628 bits per heavy atom. The fraction of sp³-hybridized carbons (Fsp3) is 0.944. The summed E-state index contributed by atoms with van der Waals surface area (Å²) in [6.07, 6.45) is 9.17. The second-order valence-electron chi connectivity index (χ2n) is 8.59. The average molecular weight is 750 g/mol. The molecular formula is C18H42O20P4Ti. The molecule has 20 nitrogen and oxygen atoms in total. The number of aliphatic carboxylic acids is 1. The van der Waals surface area contributed by atoms with Gasteiger partial charge in [0.05, 0.1) is 13.2 Å². The molecule has 4 unspecified atom stereocenters. The number of aliphatic hydroxyl groups is 1. The van der Waals surface area contributed by atoms with Crippen LogP contribution in [0.1, 0.15) is 90.9 Å². The molecule has 0 amide bonds. The predicted octanol–water partition coefficient (Wildman–Crippen LogP) is 3.70. The topological polar surface area (TPSA) is 320 Å². The molecule has 0 saturated heterocycles. The van der Waals surface area contributed by atoms with E-state index in [0.29, 0.717) is 12.8 Å². The molecule has 0 aromatic heterocycles. The number of hydrogen-bond acceptors (Lipinski definition) is 13. The van der Waals surface area contributed by atoms with Gasteiger partial charge in [-0.3, -0.25) is 9.05 Å². The third-order valence-electron chi connectivity index (χ3n) is 4.67. The Morgan fingerprint density at radius 3 is 1.19 bits per heavy atom. The molecular weight excluding hydrogens is 708 g/mol. The van der Waals surface area contributed by atoms with Crippen molar-refractivity contribution in [2.45, 2.75) is 96.9 Å². The van der Waals surface area contributed by atoms with Crippen LogP contribution >= 0.6 is 31.3 Å². The Hall–Kier alpha value is 0.384. The van der Waals surface area contributed by atoms with Gasteiger partial charge < -0.3 is 29.8 Å². The quantitative estimate of drug-likeness (QED) is 0.0285. The first-order valence-corrected chi connectivity index (χ1v) is 21.0. The van der Waals surface area contributed by atoms with Crippen LogP contribution in [0.4, 0.5) is 0 Å². The predicted molar refractivity (Wildman–Crippen MR) is 140 cm³/mol. The first-order chi connectivity index (χ1) is 19.6. The van der Waals surface area contributed by atoms with Crippen molar-refractivity contribution < 1.29 is 109 Å². The monoisotopic (exact) mass is 750 g/mol. The number of phosphoric ester groups is 4. The van der Waals surface area contributed by atoms with Gasteiger partial charge in [-0.2, -0.15) is 8.62 Å². The molecule has 0 aromatic carbocycles. The first kappa shape index (κ1) is 45.5. The van der Waals surface area contributed by atoms with E-state index in [1.165, 1.54) is 0 Å². The number of unbranched alkanes of at least 4 members (excludes halogenated alkanes) is 10. The van der Waals surface area contributed by atoms with E-state index < -0.39 is 75.1 Å². The molecule has 8 N–H and O–H groups in total. The summed E-state index contributed by atoms with van der Waals surface area (Å²) >= 11 is -3.58. The molecule has 258 valence electrons. The van der Waals surface area contributed by atoms with Crippen LogP contribution in [-0.2, 0) is 71.7 Å². The van der Waals surface area contributed by atoms with Crippen molar-refractivity contribution in [3.8, 4) is 0 Å². The Labute approximate surface area is 255 Å². The SMILES string of the molecule is CCCCCCCCOP(=O)(O)OP(=O)(O)OC(O)(OP(=O)(O)OP(=O)(O)OCCCCCCCC)C(=O)O.[O]=[Ti]([OH])[OH]. The van der Waals surface area contributed by atoms with Crippen molar-refractivity contribution in [3.05, 3.63) is 0 Å². The van der Waals surface area contributed by atoms with Gasteiger partial charge in [0.2, 0.25) is 0 Å². The van der Waals surface area contributed by atoms with Gasteiger partial charge in [0.1, 0.15) is 0 Å². The number of phosphoric acid groups is 4. The van der Waals surface area contributed by atoms with Crippen molar-refractivity contribution >= 4 is 37.3 Å². The standard InChI is InChI=1S/C18H40O17P4.2H2O.O.Ti/c1-3-5-7-9-11-13-15-30-36(22,23)34-38(26,27)32-18(21,17(19)20)33-39(28,29)35-37(24,25)31-16-14-12-10-8-6-4-2;;;;/h21H,3-16H2,1-2H3,(H,19,20)(H,22,23)(H,24,25)(H,26,27)(H,28,29);2*1H2;;/q;;;;+2/p-2. The van der Waals surface area contributed by atoms with Gasteiger partial charge in [-0.1, -0.05) is 78.1 Å². The van der Waals surface area contributed by atoms with Gasteiger partial charge >= 0.3 is 72.6 Å². The number of carboxylic acids is 1. The maximum absolute atomic E-state index is 12.1. The van der Waals surface area contributed by atoms with Crippen LogP contribution in [0, 0.1) is 0 Å². The van der Waals surface area contributed by atoms with Gasteiger partial charge in [-0.15, -0.1) is 0 Å². The number of carboxylic acid groups (broad SMARTS) is 1. The van der Waals surface area contributed by atoms with Crippen molar-refractivity contribution in [2.75, 3.05) is 13.2 Å². The Kier molecular flexibility index (Phi) is 24.2. The second-order valence-corrected chi connectivity index (χ2v) is 15.4.